The number of rotatable bonds is 8. The zero-order valence-electron chi connectivity index (χ0n) is 23.4. The van der Waals surface area contributed by atoms with Crippen molar-refractivity contribution < 1.29 is 14.3 Å². The molecular weight excluding hydrogens is 536 g/mol. The maximum Gasteiger partial charge on any atom is 0.271 e. The number of nitrogens with zero attached hydrogens (tertiary/aromatic N) is 4. The lowest BCUT2D eigenvalue weighted by atomic mass is 9.90. The predicted molar refractivity (Wildman–Crippen MR) is 160 cm³/mol. The predicted octanol–water partition coefficient (Wildman–Crippen LogP) is 4.17. The molecule has 0 spiro atoms. The van der Waals surface area contributed by atoms with Crippen LogP contribution in [0.25, 0.3) is 16.8 Å². The van der Waals surface area contributed by atoms with Crippen molar-refractivity contribution in [2.24, 2.45) is 4.99 Å². The minimum absolute atomic E-state index is 0.0382. The Morgan fingerprint density at radius 3 is 2.54 bits per heavy atom. The highest BCUT2D eigenvalue weighted by molar-refractivity contribution is 7.07. The smallest absolute Gasteiger partial charge is 0.271 e. The maximum absolute atomic E-state index is 14.2. The molecule has 1 aromatic heterocycles. The molecule has 0 saturated carbocycles. The Bertz CT molecular complexity index is 1880. The van der Waals surface area contributed by atoms with Crippen molar-refractivity contribution in [3.63, 3.8) is 0 Å². The van der Waals surface area contributed by atoms with Crippen LogP contribution in [-0.2, 0) is 4.79 Å². The fourth-order valence-electron chi connectivity index (χ4n) is 5.21. The van der Waals surface area contributed by atoms with E-state index in [4.69, 9.17) is 19.7 Å². The van der Waals surface area contributed by atoms with E-state index in [2.05, 4.69) is 0 Å². The Morgan fingerprint density at radius 1 is 1.12 bits per heavy atom. The maximum atomic E-state index is 14.2. The molecule has 0 bridgehead atoms. The van der Waals surface area contributed by atoms with Crippen LogP contribution in [0, 0.1) is 11.3 Å². The van der Waals surface area contributed by atoms with Crippen molar-refractivity contribution in [3.8, 4) is 17.6 Å². The number of hydrogen-bond acceptors (Lipinski definition) is 7. The summed E-state index contributed by atoms with van der Waals surface area (Å²) in [6, 6.07) is 20.2. The Hall–Kier alpha value is -4.68. The third kappa shape index (κ3) is 5.14. The number of ether oxygens (including phenoxy) is 2. The first-order chi connectivity index (χ1) is 19.9. The molecule has 1 amide bonds. The SMILES string of the molecule is CCN(CC)C(=O)C1=C(C)N=c2s/c(=C/c3ccc(OCC#N)cc3)c(=O)n2[C@@H]1c1c(OC)ccc2ccccc12. The zero-order chi connectivity index (χ0) is 29.1. The van der Waals surface area contributed by atoms with E-state index in [1.165, 1.54) is 11.3 Å². The fraction of sp³-hybridized carbons (Fsp3) is 0.250. The van der Waals surface area contributed by atoms with E-state index in [1.54, 1.807) is 34.8 Å². The number of likely N-dealkylation sites (N-methyl/N-ethyl adjacent to an activating group) is 1. The highest BCUT2D eigenvalue weighted by Gasteiger charge is 2.36. The molecule has 0 fully saturated rings. The quantitative estimate of drug-likeness (QED) is 0.319. The van der Waals surface area contributed by atoms with Gasteiger partial charge in [-0.1, -0.05) is 53.8 Å². The average molecular weight is 567 g/mol. The van der Waals surface area contributed by atoms with E-state index < -0.39 is 6.04 Å². The molecule has 41 heavy (non-hydrogen) atoms. The van der Waals surface area contributed by atoms with Crippen molar-refractivity contribution in [2.45, 2.75) is 26.8 Å². The van der Waals surface area contributed by atoms with Crippen molar-refractivity contribution >= 4 is 34.1 Å². The summed E-state index contributed by atoms with van der Waals surface area (Å²) in [7, 11) is 1.60. The van der Waals surface area contributed by atoms with Gasteiger partial charge in [-0.25, -0.2) is 4.99 Å². The summed E-state index contributed by atoms with van der Waals surface area (Å²) in [6.45, 7) is 6.74. The molecule has 1 aliphatic rings. The molecule has 5 rings (SSSR count). The molecule has 208 valence electrons. The van der Waals surface area contributed by atoms with Gasteiger partial charge >= 0.3 is 0 Å². The van der Waals surface area contributed by atoms with Crippen LogP contribution in [0.5, 0.6) is 11.5 Å². The first-order valence-corrected chi connectivity index (χ1v) is 14.2. The van der Waals surface area contributed by atoms with E-state index in [0.717, 1.165) is 21.9 Å². The Kier molecular flexibility index (Phi) is 8.04. The summed E-state index contributed by atoms with van der Waals surface area (Å²) in [5, 5.41) is 10.6. The highest BCUT2D eigenvalue weighted by atomic mass is 32.1. The summed E-state index contributed by atoms with van der Waals surface area (Å²) < 4.78 is 13.3. The molecule has 8 nitrogen and oxygen atoms in total. The summed E-state index contributed by atoms with van der Waals surface area (Å²) in [5.74, 6) is 1.01. The minimum Gasteiger partial charge on any atom is -0.496 e. The lowest BCUT2D eigenvalue weighted by Crippen LogP contribution is -2.43. The van der Waals surface area contributed by atoms with Gasteiger partial charge in [0.25, 0.3) is 11.5 Å². The molecule has 0 N–H and O–H groups in total. The highest BCUT2D eigenvalue weighted by Crippen LogP contribution is 2.40. The number of carbonyl (C=O) groups excluding carboxylic acids is 1. The molecule has 2 heterocycles. The summed E-state index contributed by atoms with van der Waals surface area (Å²) in [4.78, 5) is 35.2. The van der Waals surface area contributed by atoms with E-state index in [-0.39, 0.29) is 18.1 Å². The Morgan fingerprint density at radius 2 is 1.85 bits per heavy atom. The fourth-order valence-corrected chi connectivity index (χ4v) is 6.26. The molecular formula is C32H30N4O4S. The van der Waals surface area contributed by atoms with E-state index in [1.807, 2.05) is 75.4 Å². The van der Waals surface area contributed by atoms with Gasteiger partial charge in [0, 0.05) is 18.7 Å². The number of fused-ring (bicyclic) bond motifs is 2. The third-order valence-electron chi connectivity index (χ3n) is 7.21. The number of allylic oxidation sites excluding steroid dienone is 1. The van der Waals surface area contributed by atoms with Crippen molar-refractivity contribution in [1.29, 1.82) is 5.26 Å². The van der Waals surface area contributed by atoms with Gasteiger partial charge < -0.3 is 14.4 Å². The van der Waals surface area contributed by atoms with Gasteiger partial charge in [-0.05, 0) is 61.4 Å². The summed E-state index contributed by atoms with van der Waals surface area (Å²) in [5.41, 5.74) is 2.35. The van der Waals surface area contributed by atoms with Crippen molar-refractivity contribution in [2.75, 3.05) is 26.8 Å². The van der Waals surface area contributed by atoms with Gasteiger partial charge in [0.2, 0.25) is 0 Å². The van der Waals surface area contributed by atoms with Crippen LogP contribution < -0.4 is 24.4 Å². The average Bonchev–Trinajstić information content (AvgIpc) is 3.29. The van der Waals surface area contributed by atoms with Crippen LogP contribution in [0.15, 0.2) is 81.7 Å². The largest absolute Gasteiger partial charge is 0.496 e. The van der Waals surface area contributed by atoms with Crippen LogP contribution in [0.1, 0.15) is 37.9 Å². The van der Waals surface area contributed by atoms with Gasteiger partial charge in [0.1, 0.15) is 23.6 Å². The van der Waals surface area contributed by atoms with Crippen LogP contribution in [0.4, 0.5) is 0 Å². The van der Waals surface area contributed by atoms with Gasteiger partial charge in [0.15, 0.2) is 11.4 Å². The normalized spacial score (nSPS) is 14.8. The van der Waals surface area contributed by atoms with Gasteiger partial charge in [-0.3, -0.25) is 14.2 Å². The zero-order valence-corrected chi connectivity index (χ0v) is 24.2. The Balaban J connectivity index is 1.77. The van der Waals surface area contributed by atoms with E-state index in [9.17, 15) is 9.59 Å². The molecule has 0 radical (unpaired) electrons. The number of benzene rings is 3. The lowest BCUT2D eigenvalue weighted by Gasteiger charge is -2.30. The molecule has 4 aromatic rings. The molecule has 0 saturated heterocycles. The first-order valence-electron chi connectivity index (χ1n) is 13.4. The number of carbonyl (C=O) groups is 1. The second kappa shape index (κ2) is 11.8. The topological polar surface area (TPSA) is 96.9 Å². The lowest BCUT2D eigenvalue weighted by molar-refractivity contribution is -0.127. The second-order valence-electron chi connectivity index (χ2n) is 9.48. The summed E-state index contributed by atoms with van der Waals surface area (Å²) >= 11 is 1.28. The van der Waals surface area contributed by atoms with Gasteiger partial charge in [-0.2, -0.15) is 5.26 Å². The molecule has 0 aliphatic carbocycles. The molecule has 1 aliphatic heterocycles. The molecule has 0 unspecified atom stereocenters. The Labute approximate surface area is 241 Å². The third-order valence-corrected chi connectivity index (χ3v) is 8.19. The number of thiazole rings is 1. The first kappa shape index (κ1) is 27.9. The number of methoxy groups -OCH3 is 1. The molecule has 1 atom stereocenters. The number of nitriles is 1. The number of amides is 1. The minimum atomic E-state index is -0.732. The number of aromatic nitrogens is 1. The van der Waals surface area contributed by atoms with Crippen LogP contribution in [-0.4, -0.2) is 42.2 Å². The van der Waals surface area contributed by atoms with E-state index in [0.29, 0.717) is 45.2 Å². The molecule has 3 aromatic carbocycles. The monoisotopic (exact) mass is 566 g/mol. The number of hydrogen-bond donors (Lipinski definition) is 0. The second-order valence-corrected chi connectivity index (χ2v) is 10.5. The van der Waals surface area contributed by atoms with Crippen molar-refractivity contribution in [3.05, 3.63) is 103 Å². The molecule has 9 heteroatoms. The summed E-state index contributed by atoms with van der Waals surface area (Å²) in [6.07, 6.45) is 1.81. The van der Waals surface area contributed by atoms with Gasteiger partial charge in [-0.15, -0.1) is 0 Å². The van der Waals surface area contributed by atoms with Crippen LogP contribution >= 0.6 is 11.3 Å². The van der Waals surface area contributed by atoms with Crippen LogP contribution in [0.2, 0.25) is 0 Å². The van der Waals surface area contributed by atoms with E-state index >= 15 is 0 Å². The van der Waals surface area contributed by atoms with Crippen LogP contribution in [0.3, 0.4) is 0 Å². The van der Waals surface area contributed by atoms with Crippen molar-refractivity contribution in [1.82, 2.24) is 9.47 Å². The van der Waals surface area contributed by atoms with Gasteiger partial charge in [0.05, 0.1) is 22.9 Å². The standard InChI is InChI=1S/C32H30N4O4S/c1-5-35(6-2)31(38)27-20(3)34-32-36(29(27)28-24-10-8-7-9-22(24)13-16-25(28)39-4)30(37)26(41-32)19-21-11-14-23(15-12-21)40-18-17-33/h7-16,19,29H,5-6,18H2,1-4H3/b26-19+/t29-/m0/s1.